The van der Waals surface area contributed by atoms with Gasteiger partial charge < -0.3 is 22.8 Å². The van der Waals surface area contributed by atoms with E-state index in [0.29, 0.717) is 18.8 Å². The molecule has 0 aromatic carbocycles. The second-order valence-electron chi connectivity index (χ2n) is 5.56. The Morgan fingerprint density at radius 3 is 1.70 bits per heavy atom. The highest BCUT2D eigenvalue weighted by Crippen LogP contribution is 2.41. The van der Waals surface area contributed by atoms with Gasteiger partial charge in [0, 0.05) is 26.9 Å². The molecule has 1 saturated carbocycles. The molecule has 1 rings (SSSR count). The fraction of sp³-hybridized carbons (Fsp3) is 1.00. The highest BCUT2D eigenvalue weighted by atomic mass is 28.4. The van der Waals surface area contributed by atoms with Crippen molar-refractivity contribution in [3.8, 4) is 0 Å². The lowest BCUT2D eigenvalue weighted by atomic mass is 10.4. The molecular formula is C14H30O5Si. The van der Waals surface area contributed by atoms with Crippen LogP contribution in [0.15, 0.2) is 0 Å². The lowest BCUT2D eigenvalue weighted by Gasteiger charge is -2.37. The summed E-state index contributed by atoms with van der Waals surface area (Å²) in [5.74, 6) is 0. The summed E-state index contributed by atoms with van der Waals surface area (Å²) in [4.78, 5) is 0. The summed E-state index contributed by atoms with van der Waals surface area (Å²) in [6.45, 7) is 5.10. The fourth-order valence-corrected chi connectivity index (χ4v) is 6.20. The molecule has 0 aliphatic heterocycles. The number of hydrogen-bond donors (Lipinski definition) is 0. The van der Waals surface area contributed by atoms with E-state index in [1.807, 2.05) is 13.8 Å². The van der Waals surface area contributed by atoms with Crippen molar-refractivity contribution in [3.05, 3.63) is 0 Å². The zero-order chi connectivity index (χ0) is 15.0. The first-order chi connectivity index (χ1) is 9.57. The van der Waals surface area contributed by atoms with E-state index < -0.39 is 8.80 Å². The minimum absolute atomic E-state index is 0.0260. The largest absolute Gasteiger partial charge is 0.504 e. The number of hydrogen-bond acceptors (Lipinski definition) is 5. The van der Waals surface area contributed by atoms with Crippen LogP contribution < -0.4 is 0 Å². The maximum absolute atomic E-state index is 6.24. The van der Waals surface area contributed by atoms with Gasteiger partial charge in [0.1, 0.15) is 0 Å². The Bertz CT molecular complexity index is 244. The molecule has 6 heteroatoms. The summed E-state index contributed by atoms with van der Waals surface area (Å²) in [6, 6.07) is 0. The molecule has 0 bridgehead atoms. The van der Waals surface area contributed by atoms with Gasteiger partial charge in [0.2, 0.25) is 0 Å². The van der Waals surface area contributed by atoms with Crippen LogP contribution >= 0.6 is 0 Å². The van der Waals surface area contributed by atoms with Crippen LogP contribution in [0.3, 0.4) is 0 Å². The van der Waals surface area contributed by atoms with Crippen molar-refractivity contribution in [1.29, 1.82) is 0 Å². The van der Waals surface area contributed by atoms with Gasteiger partial charge in [-0.3, -0.25) is 0 Å². The smallest absolute Gasteiger partial charge is 0.382 e. The lowest BCUT2D eigenvalue weighted by Crippen LogP contribution is -2.53. The first kappa shape index (κ1) is 18.1. The van der Waals surface area contributed by atoms with Gasteiger partial charge in [-0.2, -0.15) is 0 Å². The molecule has 2 unspecified atom stereocenters. The van der Waals surface area contributed by atoms with Crippen LogP contribution in [0.2, 0.25) is 5.54 Å². The van der Waals surface area contributed by atoms with E-state index in [-0.39, 0.29) is 12.2 Å². The monoisotopic (exact) mass is 306 g/mol. The Morgan fingerprint density at radius 1 is 0.900 bits per heavy atom. The van der Waals surface area contributed by atoms with E-state index in [1.165, 1.54) is 12.8 Å². The summed E-state index contributed by atoms with van der Waals surface area (Å²) < 4.78 is 28.7. The summed E-state index contributed by atoms with van der Waals surface area (Å²) >= 11 is 0. The molecule has 0 aromatic rings. The van der Waals surface area contributed by atoms with Crippen molar-refractivity contribution >= 4 is 8.80 Å². The molecule has 0 N–H and O–H groups in total. The second kappa shape index (κ2) is 9.12. The predicted octanol–water partition coefficient (Wildman–Crippen LogP) is 2.62. The van der Waals surface area contributed by atoms with Crippen molar-refractivity contribution in [3.63, 3.8) is 0 Å². The lowest BCUT2D eigenvalue weighted by molar-refractivity contribution is -0.0248. The Kier molecular flexibility index (Phi) is 8.24. The van der Waals surface area contributed by atoms with E-state index in [2.05, 4.69) is 0 Å². The Balaban J connectivity index is 2.77. The highest BCUT2D eigenvalue weighted by molar-refractivity contribution is 6.62. The van der Waals surface area contributed by atoms with Crippen LogP contribution in [0.25, 0.3) is 0 Å². The maximum atomic E-state index is 6.24. The Morgan fingerprint density at radius 2 is 1.35 bits per heavy atom. The topological polar surface area (TPSA) is 46.2 Å². The molecule has 0 heterocycles. The van der Waals surface area contributed by atoms with Crippen molar-refractivity contribution < 1.29 is 22.8 Å². The van der Waals surface area contributed by atoms with E-state index in [1.54, 1.807) is 21.3 Å². The standard InChI is InChI=1S/C14H30O5Si/c1-12(10-15-3)18-20(17-5,14-8-6-7-9-14)19-13(2)11-16-4/h12-14H,6-11H2,1-5H3. The van der Waals surface area contributed by atoms with Crippen LogP contribution in [0.5, 0.6) is 0 Å². The highest BCUT2D eigenvalue weighted by Gasteiger charge is 2.51. The molecule has 120 valence electrons. The van der Waals surface area contributed by atoms with Crippen LogP contribution in [0.1, 0.15) is 39.5 Å². The minimum Gasteiger partial charge on any atom is -0.382 e. The van der Waals surface area contributed by atoms with E-state index in [4.69, 9.17) is 22.8 Å². The zero-order valence-electron chi connectivity index (χ0n) is 13.5. The number of methoxy groups -OCH3 is 2. The van der Waals surface area contributed by atoms with Gasteiger partial charge in [-0.05, 0) is 26.7 Å². The van der Waals surface area contributed by atoms with Gasteiger partial charge in [0.05, 0.1) is 25.4 Å². The average Bonchev–Trinajstić information content (AvgIpc) is 2.92. The molecule has 0 spiro atoms. The van der Waals surface area contributed by atoms with Gasteiger partial charge in [-0.25, -0.2) is 0 Å². The normalized spacial score (nSPS) is 22.6. The first-order valence-corrected chi connectivity index (χ1v) is 9.26. The molecule has 2 atom stereocenters. The third kappa shape index (κ3) is 5.09. The molecule has 0 radical (unpaired) electrons. The number of ether oxygens (including phenoxy) is 2. The van der Waals surface area contributed by atoms with Crippen molar-refractivity contribution in [2.24, 2.45) is 0 Å². The summed E-state index contributed by atoms with van der Waals surface area (Å²) in [6.07, 6.45) is 4.65. The summed E-state index contributed by atoms with van der Waals surface area (Å²) in [7, 11) is 2.38. The molecular weight excluding hydrogens is 276 g/mol. The molecule has 1 fully saturated rings. The average molecular weight is 306 g/mol. The summed E-state index contributed by atoms with van der Waals surface area (Å²) in [5, 5.41) is 0. The van der Waals surface area contributed by atoms with Crippen LogP contribution in [-0.2, 0) is 22.8 Å². The molecule has 0 saturated heterocycles. The van der Waals surface area contributed by atoms with Gasteiger partial charge >= 0.3 is 8.80 Å². The van der Waals surface area contributed by atoms with Crippen molar-refractivity contribution in [2.45, 2.75) is 57.3 Å². The summed E-state index contributed by atoms with van der Waals surface area (Å²) in [5.41, 5.74) is 0.395. The molecule has 1 aliphatic rings. The SMILES string of the molecule is COCC(C)O[Si](OC)(OC(C)COC)C1CCCC1. The van der Waals surface area contributed by atoms with Crippen LogP contribution in [0.4, 0.5) is 0 Å². The van der Waals surface area contributed by atoms with E-state index in [9.17, 15) is 0 Å². The first-order valence-electron chi connectivity index (χ1n) is 7.46. The maximum Gasteiger partial charge on any atom is 0.504 e. The minimum atomic E-state index is -2.70. The molecule has 0 amide bonds. The van der Waals surface area contributed by atoms with Crippen molar-refractivity contribution in [1.82, 2.24) is 0 Å². The van der Waals surface area contributed by atoms with Crippen molar-refractivity contribution in [2.75, 3.05) is 34.5 Å². The van der Waals surface area contributed by atoms with Crippen LogP contribution in [0, 0.1) is 0 Å². The molecule has 1 aliphatic carbocycles. The Labute approximate surface area is 124 Å². The molecule has 0 aromatic heterocycles. The van der Waals surface area contributed by atoms with Gasteiger partial charge in [0.25, 0.3) is 0 Å². The third-order valence-corrected chi connectivity index (χ3v) is 7.28. The van der Waals surface area contributed by atoms with Gasteiger partial charge in [-0.15, -0.1) is 0 Å². The quantitative estimate of drug-likeness (QED) is 0.581. The van der Waals surface area contributed by atoms with E-state index >= 15 is 0 Å². The van der Waals surface area contributed by atoms with E-state index in [0.717, 1.165) is 12.8 Å². The predicted molar refractivity (Wildman–Crippen MR) is 79.8 cm³/mol. The third-order valence-electron chi connectivity index (χ3n) is 3.67. The number of rotatable bonds is 10. The van der Waals surface area contributed by atoms with Gasteiger partial charge in [-0.1, -0.05) is 12.8 Å². The fourth-order valence-electron chi connectivity index (χ4n) is 2.86. The zero-order valence-corrected chi connectivity index (χ0v) is 14.5. The molecule has 5 nitrogen and oxygen atoms in total. The van der Waals surface area contributed by atoms with Crippen LogP contribution in [-0.4, -0.2) is 55.6 Å². The molecule has 20 heavy (non-hydrogen) atoms. The second-order valence-corrected chi connectivity index (χ2v) is 8.46. The Hall–Kier alpha value is 0.0169. The van der Waals surface area contributed by atoms with Gasteiger partial charge in [0.15, 0.2) is 0 Å².